The van der Waals surface area contributed by atoms with Crippen LogP contribution in [0.5, 0.6) is 5.75 Å². The summed E-state index contributed by atoms with van der Waals surface area (Å²) in [5, 5.41) is 4.19. The average Bonchev–Trinajstić information content (AvgIpc) is 2.79. The quantitative estimate of drug-likeness (QED) is 0.854. The molecule has 4 heteroatoms. The second kappa shape index (κ2) is 5.66. The molecule has 0 amide bonds. The highest BCUT2D eigenvalue weighted by Crippen LogP contribution is 2.31. The fourth-order valence-electron chi connectivity index (χ4n) is 2.39. The Hall–Kier alpha value is -1.19. The fraction of sp³-hybridized carbons (Fsp3) is 0.250. The van der Waals surface area contributed by atoms with E-state index in [4.69, 9.17) is 16.3 Å². The van der Waals surface area contributed by atoms with Crippen LogP contribution < -0.4 is 10.1 Å². The molecule has 1 aliphatic heterocycles. The van der Waals surface area contributed by atoms with Gasteiger partial charge in [0.15, 0.2) is 0 Å². The summed E-state index contributed by atoms with van der Waals surface area (Å²) in [6.45, 7) is 2.85. The van der Waals surface area contributed by atoms with Crippen LogP contribution in [0.2, 0.25) is 5.02 Å². The Labute approximate surface area is 132 Å². The Morgan fingerprint density at radius 2 is 2.15 bits per heavy atom. The molecule has 0 saturated carbocycles. The first-order valence-corrected chi connectivity index (χ1v) is 7.74. The summed E-state index contributed by atoms with van der Waals surface area (Å²) in [6.07, 6.45) is 1.04. The third kappa shape index (κ3) is 2.94. The second-order valence-electron chi connectivity index (χ2n) is 5.06. The number of aryl methyl sites for hydroxylation is 1. The molecule has 1 aliphatic rings. The van der Waals surface area contributed by atoms with E-state index in [9.17, 15) is 0 Å². The van der Waals surface area contributed by atoms with Crippen molar-refractivity contribution in [3.8, 4) is 5.75 Å². The van der Waals surface area contributed by atoms with E-state index < -0.39 is 0 Å². The van der Waals surface area contributed by atoms with E-state index in [-0.39, 0.29) is 6.10 Å². The Kier molecular flexibility index (Phi) is 3.90. The maximum atomic E-state index is 6.00. The Morgan fingerprint density at radius 1 is 1.30 bits per heavy atom. The highest BCUT2D eigenvalue weighted by Gasteiger charge is 2.22. The monoisotopic (exact) mass is 351 g/mol. The molecular formula is C16H15BrClNO. The SMILES string of the molecule is Cc1ccc(NCC2Cc3cc(Cl)ccc3O2)c(Br)c1. The molecule has 0 bridgehead atoms. The molecule has 0 spiro atoms. The van der Waals surface area contributed by atoms with Gasteiger partial charge < -0.3 is 10.1 Å². The van der Waals surface area contributed by atoms with Gasteiger partial charge in [0, 0.05) is 21.6 Å². The van der Waals surface area contributed by atoms with Gasteiger partial charge in [0.05, 0.1) is 6.54 Å². The normalized spacial score (nSPS) is 16.6. The van der Waals surface area contributed by atoms with E-state index in [1.54, 1.807) is 0 Å². The molecule has 1 heterocycles. The van der Waals surface area contributed by atoms with Crippen molar-refractivity contribution in [1.82, 2.24) is 0 Å². The molecule has 2 aromatic carbocycles. The number of nitrogens with one attached hydrogen (secondary N) is 1. The predicted molar refractivity (Wildman–Crippen MR) is 86.9 cm³/mol. The molecule has 0 aliphatic carbocycles. The van der Waals surface area contributed by atoms with Crippen molar-refractivity contribution in [2.75, 3.05) is 11.9 Å². The number of hydrogen-bond donors (Lipinski definition) is 1. The van der Waals surface area contributed by atoms with Crippen LogP contribution in [0.4, 0.5) is 5.69 Å². The standard InChI is InChI=1S/C16H15BrClNO/c1-10-2-4-15(14(17)6-10)19-9-13-8-11-7-12(18)3-5-16(11)20-13/h2-7,13,19H,8-9H2,1H3. The minimum absolute atomic E-state index is 0.150. The van der Waals surface area contributed by atoms with Gasteiger partial charge in [-0.15, -0.1) is 0 Å². The molecular weight excluding hydrogens is 338 g/mol. The Morgan fingerprint density at radius 3 is 2.95 bits per heavy atom. The third-order valence-electron chi connectivity index (χ3n) is 3.41. The number of anilines is 1. The third-order valence-corrected chi connectivity index (χ3v) is 4.30. The minimum atomic E-state index is 0.150. The molecule has 3 rings (SSSR count). The molecule has 20 heavy (non-hydrogen) atoms. The van der Waals surface area contributed by atoms with Crippen molar-refractivity contribution in [2.24, 2.45) is 0 Å². The van der Waals surface area contributed by atoms with Crippen molar-refractivity contribution in [1.29, 1.82) is 0 Å². The van der Waals surface area contributed by atoms with E-state index in [2.05, 4.69) is 46.4 Å². The van der Waals surface area contributed by atoms with Crippen molar-refractivity contribution in [3.05, 3.63) is 57.0 Å². The summed E-state index contributed by atoms with van der Waals surface area (Å²) in [5.74, 6) is 0.948. The van der Waals surface area contributed by atoms with Crippen molar-refractivity contribution in [3.63, 3.8) is 0 Å². The number of halogens is 2. The summed E-state index contributed by atoms with van der Waals surface area (Å²) in [5.41, 5.74) is 3.52. The van der Waals surface area contributed by atoms with Gasteiger partial charge >= 0.3 is 0 Å². The van der Waals surface area contributed by atoms with Crippen LogP contribution in [0.1, 0.15) is 11.1 Å². The van der Waals surface area contributed by atoms with E-state index in [0.29, 0.717) is 0 Å². The van der Waals surface area contributed by atoms with Crippen LogP contribution in [0, 0.1) is 6.92 Å². The van der Waals surface area contributed by atoms with E-state index >= 15 is 0 Å². The highest BCUT2D eigenvalue weighted by atomic mass is 79.9. The lowest BCUT2D eigenvalue weighted by Gasteiger charge is -2.14. The lowest BCUT2D eigenvalue weighted by atomic mass is 10.1. The van der Waals surface area contributed by atoms with Gasteiger partial charge in [-0.2, -0.15) is 0 Å². The number of benzene rings is 2. The largest absolute Gasteiger partial charge is 0.488 e. The van der Waals surface area contributed by atoms with Gasteiger partial charge in [0.25, 0.3) is 0 Å². The first kappa shape index (κ1) is 13.8. The van der Waals surface area contributed by atoms with E-state index in [1.807, 2.05) is 18.2 Å². The zero-order valence-corrected chi connectivity index (χ0v) is 13.5. The van der Waals surface area contributed by atoms with Crippen LogP contribution in [0.15, 0.2) is 40.9 Å². The first-order valence-electron chi connectivity index (χ1n) is 6.57. The molecule has 0 radical (unpaired) electrons. The molecule has 1 N–H and O–H groups in total. The Bertz CT molecular complexity index is 644. The highest BCUT2D eigenvalue weighted by molar-refractivity contribution is 9.10. The van der Waals surface area contributed by atoms with Crippen molar-refractivity contribution >= 4 is 33.2 Å². The number of hydrogen-bond acceptors (Lipinski definition) is 2. The number of ether oxygens (including phenoxy) is 1. The lowest BCUT2D eigenvalue weighted by Crippen LogP contribution is -2.24. The van der Waals surface area contributed by atoms with Crippen LogP contribution >= 0.6 is 27.5 Å². The van der Waals surface area contributed by atoms with Gasteiger partial charge in [0.1, 0.15) is 11.9 Å². The second-order valence-corrected chi connectivity index (χ2v) is 6.35. The predicted octanol–water partition coefficient (Wildman–Crippen LogP) is 4.83. The van der Waals surface area contributed by atoms with Gasteiger partial charge in [-0.25, -0.2) is 0 Å². The minimum Gasteiger partial charge on any atom is -0.488 e. The van der Waals surface area contributed by atoms with Crippen LogP contribution in [0.25, 0.3) is 0 Å². The zero-order chi connectivity index (χ0) is 14.1. The molecule has 1 unspecified atom stereocenters. The summed E-state index contributed by atoms with van der Waals surface area (Å²) < 4.78 is 6.99. The summed E-state index contributed by atoms with van der Waals surface area (Å²) in [4.78, 5) is 0. The number of fused-ring (bicyclic) bond motifs is 1. The van der Waals surface area contributed by atoms with Gasteiger partial charge in [-0.05, 0) is 64.3 Å². The maximum Gasteiger partial charge on any atom is 0.123 e. The summed E-state index contributed by atoms with van der Waals surface area (Å²) in [7, 11) is 0. The van der Waals surface area contributed by atoms with Crippen molar-refractivity contribution in [2.45, 2.75) is 19.4 Å². The molecule has 0 fully saturated rings. The van der Waals surface area contributed by atoms with Gasteiger partial charge in [0.2, 0.25) is 0 Å². The lowest BCUT2D eigenvalue weighted by molar-refractivity contribution is 0.246. The fourth-order valence-corrected chi connectivity index (χ4v) is 3.22. The van der Waals surface area contributed by atoms with E-state index in [0.717, 1.165) is 33.9 Å². The zero-order valence-electron chi connectivity index (χ0n) is 11.1. The van der Waals surface area contributed by atoms with Gasteiger partial charge in [-0.3, -0.25) is 0 Å². The maximum absolute atomic E-state index is 6.00. The smallest absolute Gasteiger partial charge is 0.123 e. The molecule has 104 valence electrons. The van der Waals surface area contributed by atoms with Crippen LogP contribution in [-0.2, 0) is 6.42 Å². The molecule has 0 saturated heterocycles. The molecule has 2 nitrogen and oxygen atoms in total. The van der Waals surface area contributed by atoms with Gasteiger partial charge in [-0.1, -0.05) is 17.7 Å². The van der Waals surface area contributed by atoms with Crippen LogP contribution in [-0.4, -0.2) is 12.6 Å². The van der Waals surface area contributed by atoms with E-state index in [1.165, 1.54) is 11.1 Å². The van der Waals surface area contributed by atoms with Crippen molar-refractivity contribution < 1.29 is 4.74 Å². The summed E-state index contributed by atoms with van der Waals surface area (Å²) >= 11 is 9.58. The molecule has 2 aromatic rings. The first-order chi connectivity index (χ1) is 9.61. The Balaban J connectivity index is 1.63. The molecule has 0 aromatic heterocycles. The molecule has 1 atom stereocenters. The van der Waals surface area contributed by atoms with Crippen LogP contribution in [0.3, 0.4) is 0 Å². The average molecular weight is 353 g/mol. The number of rotatable bonds is 3. The summed E-state index contributed by atoms with van der Waals surface area (Å²) in [6, 6.07) is 12.1. The topological polar surface area (TPSA) is 21.3 Å².